The molecular formula is C10H15N5. The highest BCUT2D eigenvalue weighted by atomic mass is 15.2. The fraction of sp³-hybridized carbons (Fsp3) is 0.500. The van der Waals surface area contributed by atoms with E-state index in [9.17, 15) is 0 Å². The number of rotatable bonds is 4. The minimum atomic E-state index is 0.400. The maximum absolute atomic E-state index is 8.69. The van der Waals surface area contributed by atoms with Crippen molar-refractivity contribution in [3.05, 3.63) is 18.0 Å². The Morgan fingerprint density at radius 3 is 2.67 bits per heavy atom. The molecule has 0 bridgehead atoms. The van der Waals surface area contributed by atoms with Gasteiger partial charge in [0.25, 0.3) is 0 Å². The van der Waals surface area contributed by atoms with E-state index < -0.39 is 0 Å². The Hall–Kier alpha value is -1.67. The Bertz CT molecular complexity index is 355. The predicted molar refractivity (Wildman–Crippen MR) is 58.6 cm³/mol. The Kier molecular flexibility index (Phi) is 4.01. The lowest BCUT2D eigenvalue weighted by Gasteiger charge is -2.19. The van der Waals surface area contributed by atoms with E-state index in [4.69, 9.17) is 5.26 Å². The van der Waals surface area contributed by atoms with Crippen molar-refractivity contribution >= 4 is 5.95 Å². The van der Waals surface area contributed by atoms with Gasteiger partial charge in [0.05, 0.1) is 0 Å². The van der Waals surface area contributed by atoms with Crippen LogP contribution in [-0.4, -0.2) is 49.1 Å². The molecule has 5 heteroatoms. The number of hydrogen-bond acceptors (Lipinski definition) is 5. The molecule has 0 fully saturated rings. The molecule has 0 aliphatic rings. The average molecular weight is 205 g/mol. The number of anilines is 1. The molecule has 0 aliphatic heterocycles. The van der Waals surface area contributed by atoms with Gasteiger partial charge in [-0.15, -0.1) is 0 Å². The van der Waals surface area contributed by atoms with E-state index in [0.29, 0.717) is 11.6 Å². The summed E-state index contributed by atoms with van der Waals surface area (Å²) in [7, 11) is 5.95. The van der Waals surface area contributed by atoms with Gasteiger partial charge in [0.15, 0.2) is 0 Å². The van der Waals surface area contributed by atoms with E-state index in [0.717, 1.165) is 13.1 Å². The summed E-state index contributed by atoms with van der Waals surface area (Å²) in [4.78, 5) is 12.2. The summed E-state index contributed by atoms with van der Waals surface area (Å²) in [6.07, 6.45) is 1.60. The monoisotopic (exact) mass is 205 g/mol. The Morgan fingerprint density at radius 1 is 1.33 bits per heavy atom. The van der Waals surface area contributed by atoms with Crippen molar-refractivity contribution in [2.75, 3.05) is 39.1 Å². The molecule has 0 unspecified atom stereocenters. The number of hydrogen-bond donors (Lipinski definition) is 0. The third kappa shape index (κ3) is 3.52. The van der Waals surface area contributed by atoms with E-state index in [1.165, 1.54) is 0 Å². The van der Waals surface area contributed by atoms with Gasteiger partial charge in [0.2, 0.25) is 5.95 Å². The Morgan fingerprint density at radius 2 is 2.07 bits per heavy atom. The van der Waals surface area contributed by atoms with Crippen molar-refractivity contribution in [3.8, 4) is 6.07 Å². The first kappa shape index (κ1) is 11.4. The van der Waals surface area contributed by atoms with Gasteiger partial charge in [0.1, 0.15) is 11.8 Å². The normalized spacial score (nSPS) is 10.1. The fourth-order valence-electron chi connectivity index (χ4n) is 1.04. The van der Waals surface area contributed by atoms with Crippen molar-refractivity contribution < 1.29 is 0 Å². The lowest BCUT2D eigenvalue weighted by molar-refractivity contribution is 0.415. The quantitative estimate of drug-likeness (QED) is 0.709. The second kappa shape index (κ2) is 5.27. The molecule has 15 heavy (non-hydrogen) atoms. The van der Waals surface area contributed by atoms with Crippen LogP contribution in [0.15, 0.2) is 12.3 Å². The van der Waals surface area contributed by atoms with Crippen LogP contribution in [0.2, 0.25) is 0 Å². The summed E-state index contributed by atoms with van der Waals surface area (Å²) < 4.78 is 0. The Balaban J connectivity index is 2.65. The standard InChI is InChI=1S/C10H15N5/c1-14(2)6-7-15(3)10-12-5-4-9(8-11)13-10/h4-5H,6-7H2,1-3H3. The van der Waals surface area contributed by atoms with Crippen molar-refractivity contribution in [1.82, 2.24) is 14.9 Å². The molecule has 1 heterocycles. The molecule has 0 saturated carbocycles. The van der Waals surface area contributed by atoms with Gasteiger partial charge in [-0.1, -0.05) is 0 Å². The second-order valence-corrected chi connectivity index (χ2v) is 3.58. The molecule has 1 aromatic rings. The predicted octanol–water partition coefficient (Wildman–Crippen LogP) is 0.346. The topological polar surface area (TPSA) is 56.0 Å². The van der Waals surface area contributed by atoms with Crippen LogP contribution >= 0.6 is 0 Å². The third-order valence-electron chi connectivity index (χ3n) is 1.98. The largest absolute Gasteiger partial charge is 0.343 e. The molecule has 0 amide bonds. The molecule has 5 nitrogen and oxygen atoms in total. The summed E-state index contributed by atoms with van der Waals surface area (Å²) >= 11 is 0. The molecular weight excluding hydrogens is 190 g/mol. The first-order chi connectivity index (χ1) is 7.13. The second-order valence-electron chi connectivity index (χ2n) is 3.58. The van der Waals surface area contributed by atoms with Crippen LogP contribution < -0.4 is 4.90 Å². The summed E-state index contributed by atoms with van der Waals surface area (Å²) in [5.74, 6) is 0.593. The van der Waals surface area contributed by atoms with Crippen molar-refractivity contribution in [1.29, 1.82) is 5.26 Å². The molecule has 0 aliphatic carbocycles. The molecule has 1 rings (SSSR count). The molecule has 0 atom stereocenters. The van der Waals surface area contributed by atoms with Crippen LogP contribution in [0.25, 0.3) is 0 Å². The molecule has 0 spiro atoms. The van der Waals surface area contributed by atoms with E-state index in [-0.39, 0.29) is 0 Å². The summed E-state index contributed by atoms with van der Waals surface area (Å²) in [6, 6.07) is 3.60. The van der Waals surface area contributed by atoms with Gasteiger partial charge in [0, 0.05) is 26.3 Å². The van der Waals surface area contributed by atoms with E-state index in [1.807, 2.05) is 32.1 Å². The van der Waals surface area contributed by atoms with Crippen LogP contribution in [0, 0.1) is 11.3 Å². The van der Waals surface area contributed by atoms with Crippen LogP contribution in [0.1, 0.15) is 5.69 Å². The average Bonchev–Trinajstić information content (AvgIpc) is 2.26. The van der Waals surface area contributed by atoms with Crippen molar-refractivity contribution in [3.63, 3.8) is 0 Å². The van der Waals surface area contributed by atoms with Gasteiger partial charge in [-0.2, -0.15) is 5.26 Å². The molecule has 0 radical (unpaired) electrons. The Labute approximate surface area is 90.0 Å². The van der Waals surface area contributed by atoms with E-state index in [2.05, 4.69) is 14.9 Å². The van der Waals surface area contributed by atoms with Gasteiger partial charge >= 0.3 is 0 Å². The third-order valence-corrected chi connectivity index (χ3v) is 1.98. The van der Waals surface area contributed by atoms with Crippen LogP contribution in [0.3, 0.4) is 0 Å². The lowest BCUT2D eigenvalue weighted by Crippen LogP contribution is -2.29. The zero-order valence-corrected chi connectivity index (χ0v) is 9.30. The minimum absolute atomic E-state index is 0.400. The highest BCUT2D eigenvalue weighted by Gasteiger charge is 2.04. The van der Waals surface area contributed by atoms with Crippen molar-refractivity contribution in [2.24, 2.45) is 0 Å². The first-order valence-electron chi connectivity index (χ1n) is 4.72. The zero-order chi connectivity index (χ0) is 11.3. The van der Waals surface area contributed by atoms with Crippen LogP contribution in [0.5, 0.6) is 0 Å². The van der Waals surface area contributed by atoms with Crippen LogP contribution in [0.4, 0.5) is 5.95 Å². The summed E-state index contributed by atoms with van der Waals surface area (Å²) in [5.41, 5.74) is 0.400. The molecule has 0 saturated heterocycles. The highest BCUT2D eigenvalue weighted by molar-refractivity contribution is 5.32. The fourth-order valence-corrected chi connectivity index (χ4v) is 1.04. The lowest BCUT2D eigenvalue weighted by atomic mass is 10.4. The maximum atomic E-state index is 8.69. The number of nitrogens with zero attached hydrogens (tertiary/aromatic N) is 5. The summed E-state index contributed by atoms with van der Waals surface area (Å²) in [5, 5.41) is 8.69. The molecule has 0 N–H and O–H groups in total. The van der Waals surface area contributed by atoms with Crippen molar-refractivity contribution in [2.45, 2.75) is 0 Å². The van der Waals surface area contributed by atoms with Gasteiger partial charge in [-0.05, 0) is 20.2 Å². The van der Waals surface area contributed by atoms with E-state index >= 15 is 0 Å². The minimum Gasteiger partial charge on any atom is -0.343 e. The number of likely N-dealkylation sites (N-methyl/N-ethyl adjacent to an activating group) is 2. The highest BCUT2D eigenvalue weighted by Crippen LogP contribution is 2.04. The molecule has 80 valence electrons. The van der Waals surface area contributed by atoms with Crippen LogP contribution in [-0.2, 0) is 0 Å². The number of nitriles is 1. The SMILES string of the molecule is CN(C)CCN(C)c1nccc(C#N)n1. The van der Waals surface area contributed by atoms with Gasteiger partial charge in [-0.3, -0.25) is 0 Å². The number of aromatic nitrogens is 2. The van der Waals surface area contributed by atoms with Gasteiger partial charge in [-0.25, -0.2) is 9.97 Å². The zero-order valence-electron chi connectivity index (χ0n) is 9.30. The van der Waals surface area contributed by atoms with E-state index in [1.54, 1.807) is 12.3 Å². The molecule has 0 aromatic carbocycles. The molecule has 1 aromatic heterocycles. The maximum Gasteiger partial charge on any atom is 0.226 e. The van der Waals surface area contributed by atoms with Gasteiger partial charge < -0.3 is 9.80 Å². The first-order valence-corrected chi connectivity index (χ1v) is 4.72. The summed E-state index contributed by atoms with van der Waals surface area (Å²) in [6.45, 7) is 1.76. The smallest absolute Gasteiger partial charge is 0.226 e.